The zero-order valence-corrected chi connectivity index (χ0v) is 14.8. The molecule has 0 saturated heterocycles. The first-order valence-electron chi connectivity index (χ1n) is 7.35. The Morgan fingerprint density at radius 3 is 2.38 bits per heavy atom. The zero-order chi connectivity index (χ0) is 19.3. The molecule has 0 radical (unpaired) electrons. The maximum atomic E-state index is 12.2. The van der Waals surface area contributed by atoms with E-state index in [4.69, 9.17) is 18.6 Å². The van der Waals surface area contributed by atoms with Crippen molar-refractivity contribution in [2.45, 2.75) is 25.7 Å². The lowest BCUT2D eigenvalue weighted by atomic mass is 10.0. The molecule has 1 aliphatic carbocycles. The largest absolute Gasteiger partial charge is 0.313 e. The summed E-state index contributed by atoms with van der Waals surface area (Å²) >= 11 is 1.49. The number of hydrogen-bond acceptors (Lipinski definition) is 8. The predicted molar refractivity (Wildman–Crippen MR) is 77.9 cm³/mol. The van der Waals surface area contributed by atoms with Crippen LogP contribution in [0.3, 0.4) is 0 Å². The van der Waals surface area contributed by atoms with Crippen LogP contribution in [0.15, 0.2) is 30.5 Å². The van der Waals surface area contributed by atoms with Gasteiger partial charge in [-0.25, -0.2) is 18.6 Å². The molecule has 10 nitrogen and oxygen atoms in total. The maximum Gasteiger partial charge on any atom is 0.313 e. The van der Waals surface area contributed by atoms with Crippen molar-refractivity contribution in [1.82, 2.24) is 0 Å². The molecule has 3 rings (SSSR count). The number of amides is 1. The summed E-state index contributed by atoms with van der Waals surface area (Å²) in [5, 5.41) is 11.0. The molecule has 0 atom stereocenters. The second-order valence-corrected chi connectivity index (χ2v) is 7.12. The third-order valence-corrected chi connectivity index (χ3v) is 4.58. The van der Waals surface area contributed by atoms with Crippen molar-refractivity contribution >= 4 is 23.1 Å². The van der Waals surface area contributed by atoms with Crippen LogP contribution in [-0.4, -0.2) is 10.8 Å². The molecule has 12 heteroatoms. The summed E-state index contributed by atoms with van der Waals surface area (Å²) in [6.07, 6.45) is 6.31. The molecule has 26 heavy (non-hydrogen) atoms. The van der Waals surface area contributed by atoms with Gasteiger partial charge in [-0.1, -0.05) is 12.1 Å². The van der Waals surface area contributed by atoms with Crippen LogP contribution >= 0.6 is 11.5 Å². The molecule has 0 fully saturated rings. The second kappa shape index (κ2) is 8.49. The Morgan fingerprint density at radius 2 is 1.77 bits per heavy atom. The number of para-hydroxylation sites is 1. The number of nitrogens with one attached hydrogen (secondary N) is 1. The van der Waals surface area contributed by atoms with E-state index in [0.717, 1.165) is 12.8 Å². The van der Waals surface area contributed by atoms with Gasteiger partial charge in [-0.2, -0.15) is 0 Å². The van der Waals surface area contributed by atoms with Crippen LogP contribution in [-0.2, 0) is 12.8 Å². The van der Waals surface area contributed by atoms with E-state index < -0.39 is 21.1 Å². The van der Waals surface area contributed by atoms with Crippen molar-refractivity contribution in [3.05, 3.63) is 56.6 Å². The number of nitrogens with zero attached hydrogens (tertiary/aromatic N) is 2. The lowest BCUT2D eigenvalue weighted by Crippen LogP contribution is -2.68. The molecular weight excluding hydrogens is 390 g/mol. The number of carbonyl (C=O) groups excluding carboxylic acids is 1. The second-order valence-electron chi connectivity index (χ2n) is 5.29. The highest BCUT2D eigenvalue weighted by Crippen LogP contribution is 2.23. The van der Waals surface area contributed by atoms with Gasteiger partial charge in [0.05, 0.1) is 9.80 Å². The molecule has 1 heterocycles. The number of benzene rings is 1. The molecule has 1 amide bonds. The van der Waals surface area contributed by atoms with Gasteiger partial charge in [-0.3, -0.25) is 14.9 Å². The Balaban J connectivity index is 0.000000431. The smallest absolute Gasteiger partial charge is 0.263 e. The number of nitro benzene ring substituents is 1. The normalized spacial score (nSPS) is 13.2. The van der Waals surface area contributed by atoms with Gasteiger partial charge < -0.3 is 0 Å². The monoisotopic (exact) mass is 403 g/mol. The van der Waals surface area contributed by atoms with Crippen LogP contribution in [0.25, 0.3) is 0 Å². The number of hydrogen-bond donors (Lipinski definition) is 1. The third-order valence-electron chi connectivity index (χ3n) is 3.50. The average Bonchev–Trinajstić information content (AvgIpc) is 2.95. The number of aryl methyl sites for hydroxylation is 2. The molecule has 0 unspecified atom stereocenters. The van der Waals surface area contributed by atoms with Gasteiger partial charge in [-0.05, 0) is 35.8 Å². The number of carbonyl (C=O) groups is 1. The van der Waals surface area contributed by atoms with E-state index in [1.807, 2.05) is 6.20 Å². The number of fused-ring (bicyclic) bond motifs is 1. The van der Waals surface area contributed by atoms with E-state index in [1.165, 1.54) is 46.9 Å². The van der Waals surface area contributed by atoms with Crippen LogP contribution in [0.1, 0.15) is 33.6 Å². The molecular formula is C14H14ClN3O7S. The molecule has 0 aliphatic heterocycles. The van der Waals surface area contributed by atoms with Crippen molar-refractivity contribution in [3.8, 4) is 0 Å². The van der Waals surface area contributed by atoms with Crippen molar-refractivity contribution in [1.29, 1.82) is 0 Å². The lowest BCUT2D eigenvalue weighted by Gasteiger charge is -2.17. The summed E-state index contributed by atoms with van der Waals surface area (Å²) in [5.41, 5.74) is 3.85. The third kappa shape index (κ3) is 5.98. The standard InChI is InChI=1S/C14H13N3O3S.ClHO4/c18-14(11-6-2-3-7-12(11)17(19)20)15-16-9-10-5-1-4-8-13(10)21-16;2-1(3,4)5/h2-3,6-7,9H,1,4-5,8H2;(H,2,3,4,5). The summed E-state index contributed by atoms with van der Waals surface area (Å²) < 4.78 is 35.6. The van der Waals surface area contributed by atoms with E-state index in [2.05, 4.69) is 5.43 Å². The summed E-state index contributed by atoms with van der Waals surface area (Å²) in [7, 11) is -4.94. The molecule has 1 aromatic carbocycles. The van der Waals surface area contributed by atoms with E-state index >= 15 is 0 Å². The van der Waals surface area contributed by atoms with E-state index in [9.17, 15) is 14.9 Å². The Kier molecular flexibility index (Phi) is 6.58. The number of nitro groups is 1. The molecule has 0 saturated carbocycles. The van der Waals surface area contributed by atoms with Gasteiger partial charge in [-0.15, -0.1) is 15.7 Å². The van der Waals surface area contributed by atoms with Crippen molar-refractivity contribution in [3.63, 3.8) is 0 Å². The van der Waals surface area contributed by atoms with Crippen molar-refractivity contribution < 1.29 is 42.7 Å². The highest BCUT2D eigenvalue weighted by atomic mass is 35.7. The molecule has 1 aliphatic rings. The van der Waals surface area contributed by atoms with E-state index in [0.29, 0.717) is 0 Å². The van der Waals surface area contributed by atoms with Crippen LogP contribution < -0.4 is 28.1 Å². The van der Waals surface area contributed by atoms with Crippen molar-refractivity contribution in [2.75, 3.05) is 5.43 Å². The highest BCUT2D eigenvalue weighted by molar-refractivity contribution is 7.02. The molecule has 140 valence electrons. The minimum atomic E-state index is -4.94. The quantitative estimate of drug-likeness (QED) is 0.334. The van der Waals surface area contributed by atoms with Gasteiger partial charge >= 0.3 is 5.91 Å². The highest BCUT2D eigenvalue weighted by Gasteiger charge is 2.25. The molecule has 2 aromatic rings. The lowest BCUT2D eigenvalue weighted by molar-refractivity contribution is -2.00. The van der Waals surface area contributed by atoms with Gasteiger partial charge in [0.15, 0.2) is 11.5 Å². The Morgan fingerprint density at radius 1 is 1.15 bits per heavy atom. The SMILES string of the molecule is O=C(N[n+]1cc2c(s1)CCCC2)c1ccccc1[N+](=O)[O-].[O-][Cl+3]([O-])([O-])[O-]. The van der Waals surface area contributed by atoms with Gasteiger partial charge in [0.2, 0.25) is 6.20 Å². The minimum absolute atomic E-state index is 0.0707. The Bertz CT molecular complexity index is 777. The predicted octanol–water partition coefficient (Wildman–Crippen LogP) is -2.55. The summed E-state index contributed by atoms with van der Waals surface area (Å²) in [6, 6.07) is 5.96. The summed E-state index contributed by atoms with van der Waals surface area (Å²) in [6.45, 7) is 0. The fourth-order valence-electron chi connectivity index (χ4n) is 2.47. The number of rotatable bonds is 3. The van der Waals surface area contributed by atoms with Gasteiger partial charge in [0.25, 0.3) is 5.69 Å². The molecule has 1 N–H and O–H groups in total. The topological polar surface area (TPSA) is 168 Å². The number of aromatic nitrogens is 1. The average molecular weight is 404 g/mol. The van der Waals surface area contributed by atoms with Gasteiger partial charge in [0, 0.05) is 11.6 Å². The minimum Gasteiger partial charge on any atom is -0.263 e. The first kappa shape index (κ1) is 20.2. The zero-order valence-electron chi connectivity index (χ0n) is 13.3. The van der Waals surface area contributed by atoms with Crippen LogP contribution in [0.2, 0.25) is 0 Å². The molecule has 0 spiro atoms. The van der Waals surface area contributed by atoms with Crippen LogP contribution in [0.4, 0.5) is 5.69 Å². The Hall–Kier alpha value is -2.15. The summed E-state index contributed by atoms with van der Waals surface area (Å²) in [5.74, 6) is -0.467. The number of halogens is 1. The van der Waals surface area contributed by atoms with E-state index in [-0.39, 0.29) is 11.3 Å². The van der Waals surface area contributed by atoms with Gasteiger partial charge in [0.1, 0.15) is 5.56 Å². The van der Waals surface area contributed by atoms with E-state index in [1.54, 1.807) is 16.2 Å². The fraction of sp³-hybridized carbons (Fsp3) is 0.286. The Labute approximate surface area is 153 Å². The first-order chi connectivity index (χ1) is 12.1. The maximum absolute atomic E-state index is 12.2. The van der Waals surface area contributed by atoms with Crippen LogP contribution in [0.5, 0.6) is 0 Å². The molecule has 1 aromatic heterocycles. The fourth-order valence-corrected chi connectivity index (χ4v) is 3.52. The van der Waals surface area contributed by atoms with Crippen molar-refractivity contribution in [2.24, 2.45) is 0 Å². The molecule has 0 bridgehead atoms. The summed E-state index contributed by atoms with van der Waals surface area (Å²) in [4.78, 5) is 23.9. The van der Waals surface area contributed by atoms with Crippen LogP contribution in [0, 0.1) is 20.4 Å². The first-order valence-corrected chi connectivity index (χ1v) is 9.36.